The molecule has 0 aliphatic rings. The lowest BCUT2D eigenvalue weighted by molar-refractivity contribution is 0.102. The van der Waals surface area contributed by atoms with Gasteiger partial charge in [-0.1, -0.05) is 11.3 Å². The molecule has 2 aromatic carbocycles. The Hall–Kier alpha value is -3.77. The summed E-state index contributed by atoms with van der Waals surface area (Å²) in [6.07, 6.45) is 5.71. The Morgan fingerprint density at radius 1 is 0.897 bits per heavy atom. The van der Waals surface area contributed by atoms with Crippen molar-refractivity contribution >= 4 is 33.3 Å². The number of pyridine rings is 1. The molecule has 0 unspecified atom stereocenters. The van der Waals surface area contributed by atoms with Gasteiger partial charge in [0.25, 0.3) is 5.91 Å². The first kappa shape index (κ1) is 17.3. The van der Waals surface area contributed by atoms with Crippen molar-refractivity contribution in [1.82, 2.24) is 14.5 Å². The van der Waals surface area contributed by atoms with E-state index < -0.39 is 0 Å². The van der Waals surface area contributed by atoms with E-state index in [0.717, 1.165) is 32.3 Å². The molecule has 0 aliphatic carbocycles. The van der Waals surface area contributed by atoms with Gasteiger partial charge in [-0.3, -0.25) is 4.79 Å². The molecule has 0 atom stereocenters. The smallest absolute Gasteiger partial charge is 0.255 e. The second kappa shape index (κ2) is 7.33. The summed E-state index contributed by atoms with van der Waals surface area (Å²) >= 11 is 1.56. The fraction of sp³-hybridized carbons (Fsp3) is 0. The van der Waals surface area contributed by atoms with Crippen LogP contribution in [0.1, 0.15) is 10.4 Å². The molecule has 3 aromatic heterocycles. The molecule has 6 heteroatoms. The molecule has 1 N–H and O–H groups in total. The zero-order chi connectivity index (χ0) is 19.6. The predicted molar refractivity (Wildman–Crippen MR) is 117 cm³/mol. The van der Waals surface area contributed by atoms with Crippen LogP contribution in [-0.4, -0.2) is 20.4 Å². The van der Waals surface area contributed by atoms with Crippen LogP contribution in [0.4, 0.5) is 5.69 Å². The topological polar surface area (TPSA) is 59.8 Å². The summed E-state index contributed by atoms with van der Waals surface area (Å²) in [5.74, 6) is -0.138. The average Bonchev–Trinajstić information content (AvgIpc) is 3.44. The van der Waals surface area contributed by atoms with Crippen molar-refractivity contribution in [2.24, 2.45) is 0 Å². The van der Waals surface area contributed by atoms with Gasteiger partial charge in [0.1, 0.15) is 15.4 Å². The number of anilines is 1. The highest BCUT2D eigenvalue weighted by molar-refractivity contribution is 7.21. The van der Waals surface area contributed by atoms with E-state index in [1.165, 1.54) is 0 Å². The number of carbonyl (C=O) groups is 1. The number of benzene rings is 2. The van der Waals surface area contributed by atoms with E-state index in [0.29, 0.717) is 5.56 Å². The second-order valence-corrected chi connectivity index (χ2v) is 7.49. The van der Waals surface area contributed by atoms with E-state index in [1.54, 1.807) is 17.5 Å². The van der Waals surface area contributed by atoms with Crippen LogP contribution >= 0.6 is 11.3 Å². The molecule has 0 radical (unpaired) electrons. The first-order valence-electron chi connectivity index (χ1n) is 9.13. The van der Waals surface area contributed by atoms with E-state index in [2.05, 4.69) is 15.3 Å². The first-order chi connectivity index (χ1) is 14.3. The maximum absolute atomic E-state index is 12.5. The van der Waals surface area contributed by atoms with Gasteiger partial charge in [0.2, 0.25) is 0 Å². The highest BCUT2D eigenvalue weighted by Gasteiger charge is 2.09. The minimum atomic E-state index is -0.138. The van der Waals surface area contributed by atoms with Crippen LogP contribution in [0.15, 0.2) is 91.4 Å². The number of fused-ring (bicyclic) bond motifs is 1. The summed E-state index contributed by atoms with van der Waals surface area (Å²) in [6, 6.07) is 23.0. The van der Waals surface area contributed by atoms with Gasteiger partial charge in [-0.2, -0.15) is 0 Å². The number of nitrogens with one attached hydrogen (secondary N) is 1. The fourth-order valence-electron chi connectivity index (χ4n) is 3.08. The van der Waals surface area contributed by atoms with Crippen molar-refractivity contribution in [2.45, 2.75) is 0 Å². The third-order valence-electron chi connectivity index (χ3n) is 4.59. The highest BCUT2D eigenvalue weighted by Crippen LogP contribution is 2.29. The van der Waals surface area contributed by atoms with Crippen LogP contribution in [0.5, 0.6) is 0 Å². The normalized spacial score (nSPS) is 10.9. The van der Waals surface area contributed by atoms with Crippen LogP contribution in [0.3, 0.4) is 0 Å². The zero-order valence-corrected chi connectivity index (χ0v) is 16.1. The van der Waals surface area contributed by atoms with Gasteiger partial charge in [0.05, 0.1) is 0 Å². The Bertz CT molecular complexity index is 1240. The second-order valence-electron chi connectivity index (χ2n) is 6.52. The lowest BCUT2D eigenvalue weighted by Crippen LogP contribution is -2.11. The first-order valence-corrected chi connectivity index (χ1v) is 9.95. The minimum Gasteiger partial charge on any atom is -0.324 e. The molecular weight excluding hydrogens is 380 g/mol. The molecule has 1 amide bonds. The maximum atomic E-state index is 12.5. The molecule has 0 aliphatic heterocycles. The van der Waals surface area contributed by atoms with E-state index in [9.17, 15) is 4.79 Å². The SMILES string of the molecule is O=C(Nc1ccc(-c2nc3cccnc3s2)cc1)c1ccc(-n2cccc2)cc1. The lowest BCUT2D eigenvalue weighted by atomic mass is 10.1. The van der Waals surface area contributed by atoms with Crippen molar-refractivity contribution in [1.29, 1.82) is 0 Å². The van der Waals surface area contributed by atoms with Crippen LogP contribution < -0.4 is 5.32 Å². The minimum absolute atomic E-state index is 0.138. The predicted octanol–water partition coefficient (Wildman–Crippen LogP) is 5.40. The molecule has 0 spiro atoms. The van der Waals surface area contributed by atoms with Gasteiger partial charge in [-0.25, -0.2) is 9.97 Å². The zero-order valence-electron chi connectivity index (χ0n) is 15.3. The summed E-state index contributed by atoms with van der Waals surface area (Å²) < 4.78 is 2.00. The summed E-state index contributed by atoms with van der Waals surface area (Å²) in [5.41, 5.74) is 4.27. The Morgan fingerprint density at radius 3 is 2.38 bits per heavy atom. The van der Waals surface area contributed by atoms with Crippen molar-refractivity contribution in [3.63, 3.8) is 0 Å². The number of rotatable bonds is 4. The standard InChI is InChI=1S/C23H16N4OS/c28-21(16-7-11-19(12-8-16)27-14-1-2-15-27)25-18-9-5-17(6-10-18)22-26-20-4-3-13-24-23(20)29-22/h1-15H,(H,25,28). The van der Waals surface area contributed by atoms with Crippen molar-refractivity contribution in [3.05, 3.63) is 97.0 Å². The largest absolute Gasteiger partial charge is 0.324 e. The van der Waals surface area contributed by atoms with E-state index in [1.807, 2.05) is 89.8 Å². The molecule has 5 nitrogen and oxygen atoms in total. The summed E-state index contributed by atoms with van der Waals surface area (Å²) in [5, 5.41) is 3.86. The van der Waals surface area contributed by atoms with Crippen molar-refractivity contribution in [2.75, 3.05) is 5.32 Å². The summed E-state index contributed by atoms with van der Waals surface area (Å²) in [7, 11) is 0. The third-order valence-corrected chi connectivity index (χ3v) is 5.62. The van der Waals surface area contributed by atoms with E-state index >= 15 is 0 Å². The Balaban J connectivity index is 1.31. The Kier molecular flexibility index (Phi) is 4.38. The van der Waals surface area contributed by atoms with Gasteiger partial charge in [-0.15, -0.1) is 0 Å². The Morgan fingerprint density at radius 2 is 1.66 bits per heavy atom. The number of carbonyl (C=O) groups excluding carboxylic acids is 1. The number of hydrogen-bond acceptors (Lipinski definition) is 4. The van der Waals surface area contributed by atoms with Crippen LogP contribution in [0, 0.1) is 0 Å². The number of hydrogen-bond donors (Lipinski definition) is 1. The molecule has 5 aromatic rings. The van der Waals surface area contributed by atoms with Crippen LogP contribution in [0.25, 0.3) is 26.6 Å². The maximum Gasteiger partial charge on any atom is 0.255 e. The average molecular weight is 396 g/mol. The quantitative estimate of drug-likeness (QED) is 0.442. The number of aromatic nitrogens is 3. The molecule has 29 heavy (non-hydrogen) atoms. The summed E-state index contributed by atoms with van der Waals surface area (Å²) in [4.78, 5) is 22.4. The van der Waals surface area contributed by atoms with Gasteiger partial charge in [0.15, 0.2) is 0 Å². The van der Waals surface area contributed by atoms with Gasteiger partial charge in [-0.05, 0) is 72.8 Å². The number of thiazole rings is 1. The van der Waals surface area contributed by atoms with Crippen LogP contribution in [0.2, 0.25) is 0 Å². The Labute approximate surface area is 171 Å². The monoisotopic (exact) mass is 396 g/mol. The molecule has 0 bridgehead atoms. The van der Waals surface area contributed by atoms with E-state index in [4.69, 9.17) is 0 Å². The molecule has 0 saturated carbocycles. The van der Waals surface area contributed by atoms with Gasteiger partial charge >= 0.3 is 0 Å². The van der Waals surface area contributed by atoms with Crippen LogP contribution in [-0.2, 0) is 0 Å². The number of amides is 1. The fourth-order valence-corrected chi connectivity index (χ4v) is 4.00. The number of nitrogens with zero attached hydrogens (tertiary/aromatic N) is 3. The molecule has 5 rings (SSSR count). The molecule has 0 saturated heterocycles. The van der Waals surface area contributed by atoms with Gasteiger partial charge < -0.3 is 9.88 Å². The summed E-state index contributed by atoms with van der Waals surface area (Å²) in [6.45, 7) is 0. The van der Waals surface area contributed by atoms with Gasteiger partial charge in [0, 0.05) is 41.1 Å². The molecular formula is C23H16N4OS. The van der Waals surface area contributed by atoms with Crippen molar-refractivity contribution < 1.29 is 4.79 Å². The van der Waals surface area contributed by atoms with E-state index in [-0.39, 0.29) is 5.91 Å². The third kappa shape index (κ3) is 3.53. The lowest BCUT2D eigenvalue weighted by Gasteiger charge is -2.07. The van der Waals surface area contributed by atoms with Crippen molar-refractivity contribution in [3.8, 4) is 16.3 Å². The molecule has 0 fully saturated rings. The highest BCUT2D eigenvalue weighted by atomic mass is 32.1. The molecule has 140 valence electrons. The molecule has 3 heterocycles.